The molecule has 6 heteroatoms. The molecule has 2 N–H and O–H groups in total. The van der Waals surface area contributed by atoms with Crippen LogP contribution in [0.5, 0.6) is 0 Å². The molecule has 0 saturated carbocycles. The summed E-state index contributed by atoms with van der Waals surface area (Å²) in [6.45, 7) is 4.46. The summed E-state index contributed by atoms with van der Waals surface area (Å²) in [7, 11) is 1.82. The van der Waals surface area contributed by atoms with E-state index in [9.17, 15) is 0 Å². The second-order valence-corrected chi connectivity index (χ2v) is 5.07. The largest absolute Gasteiger partial charge is 0.357 e. The molecule has 2 aromatic heterocycles. The molecule has 0 bridgehead atoms. The Morgan fingerprint density at radius 1 is 1.47 bits per heavy atom. The van der Waals surface area contributed by atoms with Crippen LogP contribution in [0.2, 0.25) is 0 Å². The highest BCUT2D eigenvalue weighted by molar-refractivity contribution is 7.99. The summed E-state index contributed by atoms with van der Waals surface area (Å²) in [6, 6.07) is 0. The van der Waals surface area contributed by atoms with Crippen molar-refractivity contribution in [3.05, 3.63) is 6.20 Å². The summed E-state index contributed by atoms with van der Waals surface area (Å²) in [5, 5.41) is 11.9. The molecule has 0 radical (unpaired) electrons. The van der Waals surface area contributed by atoms with Crippen LogP contribution in [0, 0.1) is 5.92 Å². The molecule has 1 atom stereocenters. The molecule has 1 unspecified atom stereocenters. The lowest BCUT2D eigenvalue weighted by atomic mass is 10.2. The van der Waals surface area contributed by atoms with E-state index in [0.717, 1.165) is 21.8 Å². The van der Waals surface area contributed by atoms with Gasteiger partial charge in [0.05, 0.1) is 11.6 Å². The quantitative estimate of drug-likeness (QED) is 0.631. The van der Waals surface area contributed by atoms with Crippen LogP contribution in [0.1, 0.15) is 20.3 Å². The molecule has 17 heavy (non-hydrogen) atoms. The first kappa shape index (κ1) is 12.2. The third-order valence-corrected chi connectivity index (χ3v) is 4.02. The topological polar surface area (TPSA) is 66.5 Å². The Kier molecular flexibility index (Phi) is 3.83. The lowest BCUT2D eigenvalue weighted by Gasteiger charge is -2.08. The maximum atomic E-state index is 4.48. The van der Waals surface area contributed by atoms with Crippen LogP contribution in [0.15, 0.2) is 11.2 Å². The van der Waals surface area contributed by atoms with Crippen LogP contribution in [0.4, 0.5) is 5.95 Å². The van der Waals surface area contributed by atoms with E-state index in [1.807, 2.05) is 7.05 Å². The minimum Gasteiger partial charge on any atom is -0.357 e. The SMILES string of the molecule is CCC(C)CSc1nc(NC)nc2[nH]ncc12. The fourth-order valence-electron chi connectivity index (χ4n) is 1.37. The highest BCUT2D eigenvalue weighted by atomic mass is 32.2. The number of hydrogen-bond acceptors (Lipinski definition) is 5. The normalized spacial score (nSPS) is 12.9. The number of nitrogens with zero attached hydrogens (tertiary/aromatic N) is 3. The van der Waals surface area contributed by atoms with E-state index in [1.165, 1.54) is 6.42 Å². The zero-order valence-corrected chi connectivity index (χ0v) is 11.1. The van der Waals surface area contributed by atoms with Gasteiger partial charge < -0.3 is 5.32 Å². The molecule has 2 heterocycles. The molecule has 0 aliphatic carbocycles. The first-order chi connectivity index (χ1) is 8.24. The number of rotatable bonds is 5. The molecule has 5 nitrogen and oxygen atoms in total. The second kappa shape index (κ2) is 5.35. The van der Waals surface area contributed by atoms with Gasteiger partial charge in [0.15, 0.2) is 5.65 Å². The number of aromatic nitrogens is 4. The average Bonchev–Trinajstić information content (AvgIpc) is 2.83. The molecule has 2 aromatic rings. The monoisotopic (exact) mass is 251 g/mol. The first-order valence-electron chi connectivity index (χ1n) is 5.76. The van der Waals surface area contributed by atoms with Crippen molar-refractivity contribution in [1.82, 2.24) is 20.2 Å². The Hall–Kier alpha value is -1.30. The van der Waals surface area contributed by atoms with Gasteiger partial charge >= 0.3 is 0 Å². The molecule has 0 aliphatic heterocycles. The summed E-state index contributed by atoms with van der Waals surface area (Å²) < 4.78 is 0. The Balaban J connectivity index is 2.27. The van der Waals surface area contributed by atoms with Gasteiger partial charge in [-0.3, -0.25) is 5.10 Å². The van der Waals surface area contributed by atoms with E-state index in [1.54, 1.807) is 18.0 Å². The maximum Gasteiger partial charge on any atom is 0.225 e. The third-order valence-electron chi connectivity index (χ3n) is 2.70. The summed E-state index contributed by atoms with van der Waals surface area (Å²) in [6.07, 6.45) is 2.97. The summed E-state index contributed by atoms with van der Waals surface area (Å²) in [4.78, 5) is 8.79. The van der Waals surface area contributed by atoms with Crippen LogP contribution in [0.25, 0.3) is 11.0 Å². The van der Waals surface area contributed by atoms with Crippen LogP contribution in [-0.4, -0.2) is 33.0 Å². The van der Waals surface area contributed by atoms with Gasteiger partial charge in [-0.15, -0.1) is 11.8 Å². The molecule has 92 valence electrons. The molecule has 0 amide bonds. The molecule has 0 aromatic carbocycles. The van der Waals surface area contributed by atoms with Gasteiger partial charge in [-0.05, 0) is 5.92 Å². The highest BCUT2D eigenvalue weighted by Crippen LogP contribution is 2.27. The van der Waals surface area contributed by atoms with Crippen LogP contribution < -0.4 is 5.32 Å². The van der Waals surface area contributed by atoms with E-state index in [2.05, 4.69) is 39.3 Å². The number of anilines is 1. The smallest absolute Gasteiger partial charge is 0.225 e. The van der Waals surface area contributed by atoms with E-state index < -0.39 is 0 Å². The van der Waals surface area contributed by atoms with E-state index >= 15 is 0 Å². The Bertz CT molecular complexity index is 496. The first-order valence-corrected chi connectivity index (χ1v) is 6.74. The average molecular weight is 251 g/mol. The van der Waals surface area contributed by atoms with Gasteiger partial charge in [0, 0.05) is 12.8 Å². The zero-order valence-electron chi connectivity index (χ0n) is 10.3. The lowest BCUT2D eigenvalue weighted by molar-refractivity contribution is 0.636. The van der Waals surface area contributed by atoms with E-state index in [0.29, 0.717) is 11.9 Å². The third kappa shape index (κ3) is 2.69. The van der Waals surface area contributed by atoms with Crippen molar-refractivity contribution in [2.24, 2.45) is 5.92 Å². The van der Waals surface area contributed by atoms with Gasteiger partial charge in [0.2, 0.25) is 5.95 Å². The number of aromatic amines is 1. The van der Waals surface area contributed by atoms with Crippen molar-refractivity contribution in [3.8, 4) is 0 Å². The van der Waals surface area contributed by atoms with Crippen molar-refractivity contribution in [1.29, 1.82) is 0 Å². The van der Waals surface area contributed by atoms with Gasteiger partial charge in [-0.25, -0.2) is 4.98 Å². The van der Waals surface area contributed by atoms with E-state index in [-0.39, 0.29) is 0 Å². The Morgan fingerprint density at radius 3 is 3.00 bits per heavy atom. The van der Waals surface area contributed by atoms with E-state index in [4.69, 9.17) is 0 Å². The Morgan fingerprint density at radius 2 is 2.29 bits per heavy atom. The summed E-state index contributed by atoms with van der Waals surface area (Å²) >= 11 is 1.77. The fourth-order valence-corrected chi connectivity index (χ4v) is 2.50. The molecule has 0 fully saturated rings. The van der Waals surface area contributed by atoms with Crippen LogP contribution in [0.3, 0.4) is 0 Å². The number of nitrogens with one attached hydrogen (secondary N) is 2. The molecule has 2 rings (SSSR count). The predicted octanol–water partition coefficient (Wildman–Crippen LogP) is 2.53. The number of fused-ring (bicyclic) bond motifs is 1. The molecular formula is C11H17N5S. The highest BCUT2D eigenvalue weighted by Gasteiger charge is 2.10. The number of hydrogen-bond donors (Lipinski definition) is 2. The van der Waals surface area contributed by atoms with Gasteiger partial charge in [-0.1, -0.05) is 20.3 Å². The lowest BCUT2D eigenvalue weighted by Crippen LogP contribution is -2.00. The van der Waals surface area contributed by atoms with Crippen molar-refractivity contribution in [3.63, 3.8) is 0 Å². The Labute approximate surface area is 105 Å². The molecule has 0 spiro atoms. The fraction of sp³-hybridized carbons (Fsp3) is 0.545. The second-order valence-electron chi connectivity index (χ2n) is 4.06. The van der Waals surface area contributed by atoms with Gasteiger partial charge in [0.25, 0.3) is 0 Å². The van der Waals surface area contributed by atoms with Gasteiger partial charge in [0.1, 0.15) is 5.03 Å². The maximum absolute atomic E-state index is 4.48. The molecule has 0 aliphatic rings. The summed E-state index contributed by atoms with van der Waals surface area (Å²) in [5.41, 5.74) is 0.788. The molecular weight excluding hydrogens is 234 g/mol. The number of thioether (sulfide) groups is 1. The minimum atomic E-state index is 0.633. The molecule has 0 saturated heterocycles. The van der Waals surface area contributed by atoms with Crippen molar-refractivity contribution in [2.45, 2.75) is 25.3 Å². The standard InChI is InChI=1S/C11H17N5S/c1-4-7(2)6-17-10-8-5-13-16-9(8)14-11(12-3)15-10/h5,7H,4,6H2,1-3H3,(H2,12,13,14,15,16). The van der Waals surface area contributed by atoms with Crippen LogP contribution in [-0.2, 0) is 0 Å². The minimum absolute atomic E-state index is 0.633. The predicted molar refractivity (Wildman–Crippen MR) is 71.4 cm³/mol. The van der Waals surface area contributed by atoms with Crippen molar-refractivity contribution < 1.29 is 0 Å². The van der Waals surface area contributed by atoms with Crippen LogP contribution >= 0.6 is 11.8 Å². The van der Waals surface area contributed by atoms with Gasteiger partial charge in [-0.2, -0.15) is 10.1 Å². The summed E-state index contributed by atoms with van der Waals surface area (Å²) in [5.74, 6) is 2.39. The zero-order chi connectivity index (χ0) is 12.3. The van der Waals surface area contributed by atoms with Crippen molar-refractivity contribution in [2.75, 3.05) is 18.1 Å². The number of H-pyrrole nitrogens is 1. The van der Waals surface area contributed by atoms with Crippen molar-refractivity contribution >= 4 is 28.7 Å².